The van der Waals surface area contributed by atoms with E-state index in [-0.39, 0.29) is 12.6 Å². The number of β-amino-alcohol motifs (C(OH)–C–C–N with tert-alkyl or cyclic N) is 1. The highest BCUT2D eigenvalue weighted by molar-refractivity contribution is 5.69. The first-order chi connectivity index (χ1) is 17.0. The Balaban J connectivity index is 0.00000114. The van der Waals surface area contributed by atoms with Gasteiger partial charge in [-0.2, -0.15) is 0 Å². The number of aromatic nitrogens is 1. The van der Waals surface area contributed by atoms with Crippen LogP contribution in [0.2, 0.25) is 0 Å². The predicted octanol–water partition coefficient (Wildman–Crippen LogP) is 3.45. The van der Waals surface area contributed by atoms with Crippen LogP contribution in [0, 0.1) is 0 Å². The Hall–Kier alpha value is -2.58. The molecule has 7 nitrogen and oxygen atoms in total. The molecule has 1 aliphatic rings. The van der Waals surface area contributed by atoms with E-state index in [1.807, 2.05) is 63.4 Å². The van der Waals surface area contributed by atoms with Gasteiger partial charge >= 0.3 is 5.97 Å². The van der Waals surface area contributed by atoms with E-state index in [9.17, 15) is 9.90 Å². The summed E-state index contributed by atoms with van der Waals surface area (Å²) in [5, 5.41) is 22.8. The Labute approximate surface area is 211 Å². The minimum Gasteiger partial charge on any atom is -0.480 e. The molecule has 35 heavy (non-hydrogen) atoms. The number of hydrogen-bond acceptors (Lipinski definition) is 6. The number of rotatable bonds is 11. The second kappa shape index (κ2) is 18.7. The average Bonchev–Trinajstić information content (AvgIpc) is 2.87. The number of carboxylic acids is 1. The standard InChI is InChI=1S/C23H32N4O3.C3H6.C2H6/c28-22(14-21(25-16-23(29)30)13-19-5-2-1-3-6-19)18-27-11-9-26(10-12-27)17-20-7-4-8-24-15-20;1-3-2;1-2/h1-8,15,21-22,25,28H,9-14,16-18H2,(H,29,30);3H,1H2,2H3;1-2H3/t21?,22-;;/m0../s1. The quantitative estimate of drug-likeness (QED) is 0.421. The van der Waals surface area contributed by atoms with Crippen molar-refractivity contribution in [3.63, 3.8) is 0 Å². The zero-order valence-corrected chi connectivity index (χ0v) is 21.6. The summed E-state index contributed by atoms with van der Waals surface area (Å²) in [5.41, 5.74) is 2.36. The molecule has 1 unspecified atom stereocenters. The van der Waals surface area contributed by atoms with Crippen molar-refractivity contribution in [3.05, 3.63) is 78.6 Å². The first kappa shape index (κ1) is 30.5. The summed E-state index contributed by atoms with van der Waals surface area (Å²) in [4.78, 5) is 19.9. The molecule has 0 spiro atoms. The lowest BCUT2D eigenvalue weighted by atomic mass is 10.00. The molecule has 194 valence electrons. The van der Waals surface area contributed by atoms with Gasteiger partial charge in [-0.05, 0) is 37.0 Å². The minimum atomic E-state index is -0.882. The van der Waals surface area contributed by atoms with Gasteiger partial charge < -0.3 is 15.5 Å². The number of aliphatic hydroxyl groups excluding tert-OH is 1. The maximum Gasteiger partial charge on any atom is 0.317 e. The van der Waals surface area contributed by atoms with E-state index in [0.717, 1.165) is 38.3 Å². The van der Waals surface area contributed by atoms with Gasteiger partial charge in [0.05, 0.1) is 12.6 Å². The Bertz CT molecular complexity index is 796. The van der Waals surface area contributed by atoms with Gasteiger partial charge in [-0.25, -0.2) is 0 Å². The third-order valence-corrected chi connectivity index (χ3v) is 5.49. The molecule has 0 radical (unpaired) electrons. The van der Waals surface area contributed by atoms with Crippen LogP contribution in [-0.4, -0.2) is 82.4 Å². The van der Waals surface area contributed by atoms with Crippen LogP contribution in [-0.2, 0) is 17.8 Å². The SMILES string of the molecule is C=CC.CC.O=C(O)CNC(Cc1ccccc1)C[C@H](O)CN1CCN(Cc2cccnc2)CC1. The molecule has 2 heterocycles. The smallest absolute Gasteiger partial charge is 0.317 e. The number of allylic oxidation sites excluding steroid dienone is 1. The second-order valence-electron chi connectivity index (χ2n) is 8.40. The number of benzene rings is 1. The van der Waals surface area contributed by atoms with E-state index in [4.69, 9.17) is 5.11 Å². The van der Waals surface area contributed by atoms with Crippen LogP contribution >= 0.6 is 0 Å². The molecule has 1 saturated heterocycles. The summed E-state index contributed by atoms with van der Waals surface area (Å²) in [6.45, 7) is 14.4. The third kappa shape index (κ3) is 13.8. The first-order valence-corrected chi connectivity index (χ1v) is 12.6. The van der Waals surface area contributed by atoms with Crippen LogP contribution in [0.3, 0.4) is 0 Å². The number of aliphatic hydroxyl groups is 1. The van der Waals surface area contributed by atoms with E-state index >= 15 is 0 Å². The van der Waals surface area contributed by atoms with Crippen LogP contribution in [0.1, 0.15) is 38.3 Å². The monoisotopic (exact) mass is 484 g/mol. The average molecular weight is 485 g/mol. The van der Waals surface area contributed by atoms with Crippen LogP contribution in [0.15, 0.2) is 67.5 Å². The van der Waals surface area contributed by atoms with Gasteiger partial charge in [-0.3, -0.25) is 19.6 Å². The lowest BCUT2D eigenvalue weighted by Gasteiger charge is -2.36. The maximum absolute atomic E-state index is 11.0. The molecule has 0 aliphatic carbocycles. The van der Waals surface area contributed by atoms with E-state index in [0.29, 0.717) is 19.4 Å². The van der Waals surface area contributed by atoms with Gasteiger partial charge in [-0.1, -0.05) is 56.3 Å². The molecular formula is C28H44N4O3. The summed E-state index contributed by atoms with van der Waals surface area (Å²) in [5.74, 6) is -0.882. The number of aliphatic carboxylic acids is 1. The first-order valence-electron chi connectivity index (χ1n) is 12.6. The summed E-state index contributed by atoms with van der Waals surface area (Å²) in [6, 6.07) is 14.0. The van der Waals surface area contributed by atoms with Gasteiger partial charge in [-0.15, -0.1) is 6.58 Å². The predicted molar refractivity (Wildman–Crippen MR) is 143 cm³/mol. The molecule has 1 fully saturated rings. The normalized spacial score (nSPS) is 15.5. The third-order valence-electron chi connectivity index (χ3n) is 5.49. The maximum atomic E-state index is 11.0. The molecule has 0 amide bonds. The van der Waals surface area contributed by atoms with Crippen molar-refractivity contribution in [1.82, 2.24) is 20.1 Å². The topological polar surface area (TPSA) is 88.9 Å². The van der Waals surface area contributed by atoms with Gasteiger partial charge in [0, 0.05) is 57.7 Å². The molecule has 3 N–H and O–H groups in total. The molecule has 7 heteroatoms. The van der Waals surface area contributed by atoms with Crippen molar-refractivity contribution in [2.24, 2.45) is 0 Å². The van der Waals surface area contributed by atoms with Crippen LogP contribution in [0.25, 0.3) is 0 Å². The number of carbonyl (C=O) groups is 1. The highest BCUT2D eigenvalue weighted by atomic mass is 16.4. The molecule has 2 aromatic rings. The van der Waals surface area contributed by atoms with Crippen molar-refractivity contribution >= 4 is 5.97 Å². The Morgan fingerprint density at radius 3 is 2.26 bits per heavy atom. The van der Waals surface area contributed by atoms with Gasteiger partial charge in [0.15, 0.2) is 0 Å². The molecule has 0 saturated carbocycles. The van der Waals surface area contributed by atoms with E-state index in [1.54, 1.807) is 12.3 Å². The van der Waals surface area contributed by atoms with Crippen molar-refractivity contribution < 1.29 is 15.0 Å². The number of hydrogen-bond donors (Lipinski definition) is 3. The van der Waals surface area contributed by atoms with Crippen molar-refractivity contribution in [2.75, 3.05) is 39.3 Å². The fourth-order valence-corrected chi connectivity index (χ4v) is 3.95. The van der Waals surface area contributed by atoms with E-state index < -0.39 is 12.1 Å². The molecule has 3 rings (SSSR count). The lowest BCUT2D eigenvalue weighted by molar-refractivity contribution is -0.136. The molecule has 1 aromatic carbocycles. The zero-order valence-electron chi connectivity index (χ0n) is 21.6. The summed E-state index contributed by atoms with van der Waals surface area (Å²) < 4.78 is 0. The van der Waals surface area contributed by atoms with E-state index in [1.165, 1.54) is 5.56 Å². The highest BCUT2D eigenvalue weighted by Crippen LogP contribution is 2.12. The Kier molecular flexibility index (Phi) is 16.3. The molecule has 1 aromatic heterocycles. The van der Waals surface area contributed by atoms with Gasteiger partial charge in [0.1, 0.15) is 0 Å². The lowest BCUT2D eigenvalue weighted by Crippen LogP contribution is -2.49. The van der Waals surface area contributed by atoms with Gasteiger partial charge in [0.25, 0.3) is 0 Å². The summed E-state index contributed by atoms with van der Waals surface area (Å²) >= 11 is 0. The number of carboxylic acid groups (broad SMARTS) is 1. The summed E-state index contributed by atoms with van der Waals surface area (Å²) in [7, 11) is 0. The minimum absolute atomic E-state index is 0.0784. The van der Waals surface area contributed by atoms with Crippen LogP contribution in [0.5, 0.6) is 0 Å². The van der Waals surface area contributed by atoms with E-state index in [2.05, 4.69) is 32.7 Å². The molecule has 1 aliphatic heterocycles. The highest BCUT2D eigenvalue weighted by Gasteiger charge is 2.22. The number of pyridine rings is 1. The Morgan fingerprint density at radius 2 is 1.69 bits per heavy atom. The largest absolute Gasteiger partial charge is 0.480 e. The molecule has 0 bridgehead atoms. The fourth-order valence-electron chi connectivity index (χ4n) is 3.95. The van der Waals surface area contributed by atoms with Crippen molar-refractivity contribution in [1.29, 1.82) is 0 Å². The van der Waals surface area contributed by atoms with Crippen LogP contribution < -0.4 is 5.32 Å². The second-order valence-corrected chi connectivity index (χ2v) is 8.40. The summed E-state index contributed by atoms with van der Waals surface area (Å²) in [6.07, 6.45) is 6.18. The van der Waals surface area contributed by atoms with Gasteiger partial charge in [0.2, 0.25) is 0 Å². The molecular weight excluding hydrogens is 440 g/mol. The zero-order chi connectivity index (χ0) is 25.9. The Morgan fingerprint density at radius 1 is 1.09 bits per heavy atom. The van der Waals surface area contributed by atoms with Crippen molar-refractivity contribution in [2.45, 2.75) is 52.3 Å². The van der Waals surface area contributed by atoms with Crippen molar-refractivity contribution in [3.8, 4) is 0 Å². The number of nitrogens with one attached hydrogen (secondary N) is 1. The van der Waals surface area contributed by atoms with Crippen LogP contribution in [0.4, 0.5) is 0 Å². The molecule has 2 atom stereocenters. The number of nitrogens with zero attached hydrogens (tertiary/aromatic N) is 3. The fraction of sp³-hybridized carbons (Fsp3) is 0.500. The number of piperazine rings is 1.